The molecule has 1 aromatic rings. The van der Waals surface area contributed by atoms with Crippen molar-refractivity contribution in [3.05, 3.63) is 28.2 Å². The lowest BCUT2D eigenvalue weighted by atomic mass is 10.2. The van der Waals surface area contributed by atoms with Crippen LogP contribution in [0.4, 0.5) is 0 Å². The topological polar surface area (TPSA) is 103 Å². The fraction of sp³-hybridized carbons (Fsp3) is 0.167. The van der Waals surface area contributed by atoms with Crippen LogP contribution in [0.3, 0.4) is 0 Å². The molecule has 0 saturated carbocycles. The molecule has 104 valence electrons. The fourth-order valence-electron chi connectivity index (χ4n) is 1.54. The molecule has 0 spiro atoms. The molecule has 1 aliphatic rings. The molecule has 2 rings (SSSR count). The Morgan fingerprint density at radius 1 is 1.60 bits per heavy atom. The average molecular weight is 339 g/mol. The molecule has 1 aromatic carbocycles. The Bertz CT molecular complexity index is 613. The number of halogens is 1. The van der Waals surface area contributed by atoms with Gasteiger partial charge in [0.1, 0.15) is 5.75 Å². The molecule has 0 fully saturated rings. The molecule has 0 atom stereocenters. The summed E-state index contributed by atoms with van der Waals surface area (Å²) in [6.07, 6.45) is 1.46. The van der Waals surface area contributed by atoms with Gasteiger partial charge in [-0.3, -0.25) is 9.59 Å². The summed E-state index contributed by atoms with van der Waals surface area (Å²) in [5.41, 5.74) is 5.50. The van der Waals surface area contributed by atoms with Crippen molar-refractivity contribution in [3.63, 3.8) is 0 Å². The van der Waals surface area contributed by atoms with E-state index >= 15 is 0 Å². The standard InChI is InChI=1S/C12H11BrN4O3/c13-8-1-2-10(18)7(3-8)6-14-16-11(19)4-9-5-12(20)17-15-9/h1-3,6,18H,4-5H2,(H,16,19)(H,17,20)/b14-6+. The largest absolute Gasteiger partial charge is 0.507 e. The Balaban J connectivity index is 1.88. The maximum Gasteiger partial charge on any atom is 0.245 e. The molecule has 1 heterocycles. The van der Waals surface area contributed by atoms with Crippen LogP contribution in [0.5, 0.6) is 5.75 Å². The number of phenolic OH excluding ortho intramolecular Hbond substituents is 1. The number of amides is 2. The molecule has 1 aliphatic heterocycles. The molecule has 2 amide bonds. The lowest BCUT2D eigenvalue weighted by Crippen LogP contribution is -2.20. The Morgan fingerprint density at radius 2 is 2.40 bits per heavy atom. The van der Waals surface area contributed by atoms with Crippen molar-refractivity contribution < 1.29 is 14.7 Å². The quantitative estimate of drug-likeness (QED) is 0.560. The van der Waals surface area contributed by atoms with Gasteiger partial charge in [-0.05, 0) is 18.2 Å². The number of benzene rings is 1. The van der Waals surface area contributed by atoms with Crippen LogP contribution in [0.2, 0.25) is 0 Å². The van der Waals surface area contributed by atoms with E-state index in [-0.39, 0.29) is 30.4 Å². The molecule has 0 aromatic heterocycles. The predicted octanol–water partition coefficient (Wildman–Crippen LogP) is 0.871. The minimum atomic E-state index is -0.383. The molecule has 7 nitrogen and oxygen atoms in total. The number of carbonyl (C=O) groups excluding carboxylic acids is 2. The third kappa shape index (κ3) is 3.89. The van der Waals surface area contributed by atoms with Gasteiger partial charge >= 0.3 is 0 Å². The molecule has 8 heteroatoms. The monoisotopic (exact) mass is 338 g/mol. The number of aromatic hydroxyl groups is 1. The highest BCUT2D eigenvalue weighted by Gasteiger charge is 2.16. The molecule has 20 heavy (non-hydrogen) atoms. The lowest BCUT2D eigenvalue weighted by Gasteiger charge is -2.00. The highest BCUT2D eigenvalue weighted by molar-refractivity contribution is 9.10. The zero-order valence-corrected chi connectivity index (χ0v) is 11.8. The molecule has 0 unspecified atom stereocenters. The van der Waals surface area contributed by atoms with Crippen LogP contribution >= 0.6 is 15.9 Å². The number of hydrazone groups is 2. The second-order valence-corrected chi connectivity index (χ2v) is 4.98. The summed E-state index contributed by atoms with van der Waals surface area (Å²) in [4.78, 5) is 22.4. The van der Waals surface area contributed by atoms with Gasteiger partial charge in [-0.1, -0.05) is 15.9 Å². The Morgan fingerprint density at radius 3 is 3.10 bits per heavy atom. The van der Waals surface area contributed by atoms with Gasteiger partial charge in [-0.15, -0.1) is 0 Å². The van der Waals surface area contributed by atoms with Crippen molar-refractivity contribution in [3.8, 4) is 5.75 Å². The summed E-state index contributed by atoms with van der Waals surface area (Å²) in [5.74, 6) is -0.553. The summed E-state index contributed by atoms with van der Waals surface area (Å²) in [6, 6.07) is 4.86. The van der Waals surface area contributed by atoms with Gasteiger partial charge in [0.15, 0.2) is 0 Å². The van der Waals surface area contributed by atoms with Gasteiger partial charge in [0.05, 0.1) is 24.8 Å². The van der Waals surface area contributed by atoms with Gasteiger partial charge in [0, 0.05) is 10.0 Å². The third-order valence-electron chi connectivity index (χ3n) is 2.45. The first-order chi connectivity index (χ1) is 9.54. The van der Waals surface area contributed by atoms with E-state index in [0.717, 1.165) is 4.47 Å². The number of hydrogen-bond acceptors (Lipinski definition) is 5. The SMILES string of the molecule is O=C1CC(CC(=O)N/N=C/c2cc(Br)ccc2O)=NN1. The fourth-order valence-corrected chi connectivity index (χ4v) is 1.91. The first-order valence-electron chi connectivity index (χ1n) is 5.69. The summed E-state index contributed by atoms with van der Waals surface area (Å²) in [7, 11) is 0. The first kappa shape index (κ1) is 14.2. The van der Waals surface area contributed by atoms with Gasteiger partial charge in [0.2, 0.25) is 11.8 Å². The predicted molar refractivity (Wildman–Crippen MR) is 76.4 cm³/mol. The van der Waals surface area contributed by atoms with E-state index < -0.39 is 0 Å². The van der Waals surface area contributed by atoms with Crippen molar-refractivity contribution in [2.45, 2.75) is 12.8 Å². The Labute approximate surface area is 122 Å². The van der Waals surface area contributed by atoms with Crippen LogP contribution in [0.1, 0.15) is 18.4 Å². The Kier molecular flexibility index (Phi) is 4.46. The van der Waals surface area contributed by atoms with Crippen molar-refractivity contribution in [2.75, 3.05) is 0 Å². The van der Waals surface area contributed by atoms with Gasteiger partial charge in [-0.2, -0.15) is 10.2 Å². The molecule has 0 saturated heterocycles. The maximum absolute atomic E-state index is 11.5. The van der Waals surface area contributed by atoms with Crippen molar-refractivity contribution >= 4 is 39.7 Å². The van der Waals surface area contributed by atoms with Crippen LogP contribution in [-0.2, 0) is 9.59 Å². The van der Waals surface area contributed by atoms with E-state index in [1.54, 1.807) is 12.1 Å². The molecule has 0 aliphatic carbocycles. The van der Waals surface area contributed by atoms with Gasteiger partial charge in [0.25, 0.3) is 0 Å². The molecule has 3 N–H and O–H groups in total. The number of carbonyl (C=O) groups is 2. The van der Waals surface area contributed by atoms with Crippen molar-refractivity contribution in [1.29, 1.82) is 0 Å². The van der Waals surface area contributed by atoms with E-state index in [0.29, 0.717) is 11.3 Å². The number of rotatable bonds is 4. The number of nitrogens with one attached hydrogen (secondary N) is 2. The minimum absolute atomic E-state index is 0.000542. The highest BCUT2D eigenvalue weighted by Crippen LogP contribution is 2.19. The summed E-state index contributed by atoms with van der Waals surface area (Å²) >= 11 is 3.27. The second-order valence-electron chi connectivity index (χ2n) is 4.06. The highest BCUT2D eigenvalue weighted by atomic mass is 79.9. The van der Waals surface area contributed by atoms with Crippen LogP contribution in [0, 0.1) is 0 Å². The van der Waals surface area contributed by atoms with Crippen molar-refractivity contribution in [1.82, 2.24) is 10.9 Å². The minimum Gasteiger partial charge on any atom is -0.507 e. The van der Waals surface area contributed by atoms with E-state index in [4.69, 9.17) is 0 Å². The maximum atomic E-state index is 11.5. The lowest BCUT2D eigenvalue weighted by molar-refractivity contribution is -0.119. The number of nitrogens with zero attached hydrogens (tertiary/aromatic N) is 2. The summed E-state index contributed by atoms with van der Waals surface area (Å²) in [6.45, 7) is 0. The van der Waals surface area contributed by atoms with Crippen LogP contribution in [-0.4, -0.2) is 28.8 Å². The average Bonchev–Trinajstić information content (AvgIpc) is 2.79. The van der Waals surface area contributed by atoms with E-state index in [1.807, 2.05) is 0 Å². The first-order valence-corrected chi connectivity index (χ1v) is 6.48. The molecule has 0 radical (unpaired) electrons. The third-order valence-corrected chi connectivity index (χ3v) is 2.94. The zero-order valence-electron chi connectivity index (χ0n) is 10.3. The van der Waals surface area contributed by atoms with E-state index in [1.165, 1.54) is 12.3 Å². The second kappa shape index (κ2) is 6.29. The molecular formula is C12H11BrN4O3. The van der Waals surface area contributed by atoms with E-state index in [2.05, 4.69) is 37.0 Å². The number of phenols is 1. The van der Waals surface area contributed by atoms with Gasteiger partial charge < -0.3 is 5.11 Å². The van der Waals surface area contributed by atoms with Crippen LogP contribution in [0.25, 0.3) is 0 Å². The number of hydrogen-bond donors (Lipinski definition) is 3. The zero-order chi connectivity index (χ0) is 14.5. The van der Waals surface area contributed by atoms with E-state index in [9.17, 15) is 14.7 Å². The normalized spacial score (nSPS) is 14.2. The van der Waals surface area contributed by atoms with Crippen LogP contribution < -0.4 is 10.9 Å². The smallest absolute Gasteiger partial charge is 0.245 e. The van der Waals surface area contributed by atoms with Crippen LogP contribution in [0.15, 0.2) is 32.9 Å². The Hall–Kier alpha value is -2.22. The van der Waals surface area contributed by atoms with Crippen molar-refractivity contribution in [2.24, 2.45) is 10.2 Å². The summed E-state index contributed by atoms with van der Waals surface area (Å²) < 4.78 is 0.785. The van der Waals surface area contributed by atoms with Gasteiger partial charge in [-0.25, -0.2) is 10.9 Å². The molecular weight excluding hydrogens is 328 g/mol. The molecule has 0 bridgehead atoms. The summed E-state index contributed by atoms with van der Waals surface area (Å²) in [5, 5.41) is 17.0.